The van der Waals surface area contributed by atoms with Crippen molar-refractivity contribution in [2.45, 2.75) is 38.6 Å². The first kappa shape index (κ1) is 14.7. The standard InChI is InChI=1S/C16H22BrNO/c1-12-6-5-7-13(10-12)18(2)11-16(19)14-8-3-4-9-15(14)17/h3-4,8-9,12-13H,5-7,10-11H2,1-2H3. The highest BCUT2D eigenvalue weighted by atomic mass is 79.9. The summed E-state index contributed by atoms with van der Waals surface area (Å²) in [5.41, 5.74) is 0.790. The largest absolute Gasteiger partial charge is 0.296 e. The maximum absolute atomic E-state index is 12.3. The molecule has 0 radical (unpaired) electrons. The highest BCUT2D eigenvalue weighted by molar-refractivity contribution is 9.10. The molecule has 1 aromatic rings. The van der Waals surface area contributed by atoms with Gasteiger partial charge < -0.3 is 0 Å². The van der Waals surface area contributed by atoms with Crippen LogP contribution in [0.25, 0.3) is 0 Å². The fourth-order valence-corrected chi connectivity index (χ4v) is 3.44. The maximum atomic E-state index is 12.3. The summed E-state index contributed by atoms with van der Waals surface area (Å²) < 4.78 is 0.894. The van der Waals surface area contributed by atoms with Gasteiger partial charge in [0.05, 0.1) is 6.54 Å². The van der Waals surface area contributed by atoms with Gasteiger partial charge in [-0.3, -0.25) is 9.69 Å². The van der Waals surface area contributed by atoms with E-state index in [4.69, 9.17) is 0 Å². The SMILES string of the molecule is CC1CCCC(N(C)CC(=O)c2ccccc2Br)C1. The zero-order valence-electron chi connectivity index (χ0n) is 11.7. The van der Waals surface area contributed by atoms with Crippen molar-refractivity contribution >= 4 is 21.7 Å². The summed E-state index contributed by atoms with van der Waals surface area (Å²) in [5, 5.41) is 0. The molecule has 2 rings (SSSR count). The fraction of sp³-hybridized carbons (Fsp3) is 0.562. The Balaban J connectivity index is 1.97. The molecular weight excluding hydrogens is 302 g/mol. The Kier molecular flexibility index (Phi) is 5.17. The van der Waals surface area contributed by atoms with E-state index in [-0.39, 0.29) is 5.78 Å². The summed E-state index contributed by atoms with van der Waals surface area (Å²) in [4.78, 5) is 14.6. The number of halogens is 1. The Morgan fingerprint density at radius 1 is 1.37 bits per heavy atom. The van der Waals surface area contributed by atoms with Crippen molar-refractivity contribution in [2.24, 2.45) is 5.92 Å². The normalized spacial score (nSPS) is 23.6. The van der Waals surface area contributed by atoms with Crippen LogP contribution in [0.15, 0.2) is 28.7 Å². The van der Waals surface area contributed by atoms with E-state index in [0.717, 1.165) is 16.0 Å². The Bertz CT molecular complexity index is 446. The molecule has 1 aromatic carbocycles. The number of Topliss-reactive ketones (excluding diaryl/α,β-unsaturated/α-hetero) is 1. The van der Waals surface area contributed by atoms with Crippen LogP contribution in [0.5, 0.6) is 0 Å². The minimum absolute atomic E-state index is 0.202. The van der Waals surface area contributed by atoms with Gasteiger partial charge in [0.15, 0.2) is 5.78 Å². The quantitative estimate of drug-likeness (QED) is 0.776. The van der Waals surface area contributed by atoms with Gasteiger partial charge >= 0.3 is 0 Å². The number of hydrogen-bond donors (Lipinski definition) is 0. The van der Waals surface area contributed by atoms with Gasteiger partial charge in [-0.05, 0) is 31.9 Å². The molecule has 0 saturated heterocycles. The molecule has 3 heteroatoms. The summed E-state index contributed by atoms with van der Waals surface area (Å²) in [6.45, 7) is 2.83. The van der Waals surface area contributed by atoms with Crippen molar-refractivity contribution in [1.82, 2.24) is 4.90 Å². The smallest absolute Gasteiger partial charge is 0.177 e. The van der Waals surface area contributed by atoms with Crippen LogP contribution in [0.4, 0.5) is 0 Å². The lowest BCUT2D eigenvalue weighted by Crippen LogP contribution is -2.38. The highest BCUT2D eigenvalue weighted by Crippen LogP contribution is 2.27. The predicted octanol–water partition coefficient (Wildman–Crippen LogP) is 4.14. The number of ketones is 1. The van der Waals surface area contributed by atoms with Crippen molar-refractivity contribution in [3.63, 3.8) is 0 Å². The minimum atomic E-state index is 0.202. The molecule has 1 saturated carbocycles. The van der Waals surface area contributed by atoms with Gasteiger partial charge in [-0.2, -0.15) is 0 Å². The average molecular weight is 324 g/mol. The molecule has 19 heavy (non-hydrogen) atoms. The van der Waals surface area contributed by atoms with E-state index >= 15 is 0 Å². The number of benzene rings is 1. The minimum Gasteiger partial charge on any atom is -0.296 e. The van der Waals surface area contributed by atoms with Gasteiger partial charge in [-0.15, -0.1) is 0 Å². The molecule has 0 aliphatic heterocycles. The highest BCUT2D eigenvalue weighted by Gasteiger charge is 2.24. The first-order chi connectivity index (χ1) is 9.08. The molecule has 2 atom stereocenters. The van der Waals surface area contributed by atoms with Gasteiger partial charge in [0.1, 0.15) is 0 Å². The lowest BCUT2D eigenvalue weighted by molar-refractivity contribution is 0.0882. The van der Waals surface area contributed by atoms with E-state index < -0.39 is 0 Å². The van der Waals surface area contributed by atoms with Crippen molar-refractivity contribution in [3.05, 3.63) is 34.3 Å². The lowest BCUT2D eigenvalue weighted by Gasteiger charge is -2.33. The third-order valence-electron chi connectivity index (χ3n) is 4.10. The van der Waals surface area contributed by atoms with Crippen LogP contribution in [-0.2, 0) is 0 Å². The fourth-order valence-electron chi connectivity index (χ4n) is 2.93. The second-order valence-corrected chi connectivity index (χ2v) is 6.60. The molecule has 0 spiro atoms. The summed E-state index contributed by atoms with van der Waals surface area (Å²) in [6, 6.07) is 8.24. The van der Waals surface area contributed by atoms with E-state index in [1.165, 1.54) is 25.7 Å². The lowest BCUT2D eigenvalue weighted by atomic mass is 9.86. The molecule has 104 valence electrons. The molecule has 2 unspecified atom stereocenters. The van der Waals surface area contributed by atoms with Gasteiger partial charge in [-0.1, -0.05) is 53.9 Å². The number of hydrogen-bond acceptors (Lipinski definition) is 2. The Morgan fingerprint density at radius 3 is 2.79 bits per heavy atom. The van der Waals surface area contributed by atoms with E-state index in [1.54, 1.807) is 0 Å². The van der Waals surface area contributed by atoms with E-state index in [9.17, 15) is 4.79 Å². The van der Waals surface area contributed by atoms with Crippen molar-refractivity contribution in [2.75, 3.05) is 13.6 Å². The van der Waals surface area contributed by atoms with Crippen LogP contribution in [0.1, 0.15) is 43.0 Å². The topological polar surface area (TPSA) is 20.3 Å². The third-order valence-corrected chi connectivity index (χ3v) is 4.79. The van der Waals surface area contributed by atoms with Gasteiger partial charge in [-0.25, -0.2) is 0 Å². The van der Waals surface area contributed by atoms with E-state index in [2.05, 4.69) is 34.8 Å². The van der Waals surface area contributed by atoms with Crippen molar-refractivity contribution < 1.29 is 4.79 Å². The van der Waals surface area contributed by atoms with E-state index in [0.29, 0.717) is 12.6 Å². The van der Waals surface area contributed by atoms with Gasteiger partial charge in [0, 0.05) is 16.1 Å². The Morgan fingerprint density at radius 2 is 2.11 bits per heavy atom. The molecule has 0 N–H and O–H groups in total. The number of carbonyl (C=O) groups excluding carboxylic acids is 1. The number of rotatable bonds is 4. The average Bonchev–Trinajstić information content (AvgIpc) is 2.39. The van der Waals surface area contributed by atoms with Crippen LogP contribution in [0, 0.1) is 5.92 Å². The maximum Gasteiger partial charge on any atom is 0.177 e. The molecule has 1 aliphatic carbocycles. The Labute approximate surface area is 124 Å². The number of nitrogens with zero attached hydrogens (tertiary/aromatic N) is 1. The molecular formula is C16H22BrNO. The molecule has 1 fully saturated rings. The summed E-state index contributed by atoms with van der Waals surface area (Å²) in [7, 11) is 2.08. The first-order valence-electron chi connectivity index (χ1n) is 7.06. The van der Waals surface area contributed by atoms with Crippen molar-refractivity contribution in [1.29, 1.82) is 0 Å². The number of likely N-dealkylation sites (N-methyl/N-ethyl adjacent to an activating group) is 1. The number of carbonyl (C=O) groups is 1. The van der Waals surface area contributed by atoms with Gasteiger partial charge in [0.2, 0.25) is 0 Å². The van der Waals surface area contributed by atoms with Crippen LogP contribution in [0.3, 0.4) is 0 Å². The third kappa shape index (κ3) is 3.90. The molecule has 0 amide bonds. The summed E-state index contributed by atoms with van der Waals surface area (Å²) >= 11 is 3.45. The van der Waals surface area contributed by atoms with Crippen LogP contribution in [0.2, 0.25) is 0 Å². The Hall–Kier alpha value is -0.670. The second kappa shape index (κ2) is 6.67. The molecule has 2 nitrogen and oxygen atoms in total. The zero-order valence-corrected chi connectivity index (χ0v) is 13.3. The second-order valence-electron chi connectivity index (χ2n) is 5.74. The zero-order chi connectivity index (χ0) is 13.8. The van der Waals surface area contributed by atoms with Crippen LogP contribution in [-0.4, -0.2) is 30.3 Å². The molecule has 1 aliphatic rings. The van der Waals surface area contributed by atoms with Crippen molar-refractivity contribution in [3.8, 4) is 0 Å². The van der Waals surface area contributed by atoms with Crippen LogP contribution < -0.4 is 0 Å². The summed E-state index contributed by atoms with van der Waals surface area (Å²) in [5.74, 6) is 0.993. The van der Waals surface area contributed by atoms with Crippen LogP contribution >= 0.6 is 15.9 Å². The summed E-state index contributed by atoms with van der Waals surface area (Å²) in [6.07, 6.45) is 5.08. The molecule has 0 aromatic heterocycles. The first-order valence-corrected chi connectivity index (χ1v) is 7.85. The predicted molar refractivity (Wildman–Crippen MR) is 82.5 cm³/mol. The molecule has 0 bridgehead atoms. The van der Waals surface area contributed by atoms with E-state index in [1.807, 2.05) is 24.3 Å². The monoisotopic (exact) mass is 323 g/mol. The van der Waals surface area contributed by atoms with Gasteiger partial charge in [0.25, 0.3) is 0 Å². The molecule has 0 heterocycles.